The van der Waals surface area contributed by atoms with Crippen molar-refractivity contribution in [1.29, 1.82) is 0 Å². The summed E-state index contributed by atoms with van der Waals surface area (Å²) in [6.45, 7) is 6.97. The van der Waals surface area contributed by atoms with Gasteiger partial charge < -0.3 is 20.1 Å². The van der Waals surface area contributed by atoms with Crippen LogP contribution in [0.5, 0.6) is 5.88 Å². The maximum Gasteiger partial charge on any atom is 0.410 e. The minimum atomic E-state index is -0.467. The molecule has 0 aliphatic carbocycles. The monoisotopic (exact) mass is 344 g/mol. The fourth-order valence-corrected chi connectivity index (χ4v) is 2.85. The normalized spacial score (nSPS) is 16.0. The third kappa shape index (κ3) is 4.49. The second-order valence-corrected chi connectivity index (χ2v) is 7.33. The Bertz CT molecular complexity index is 764. The third-order valence-corrected chi connectivity index (χ3v) is 4.04. The molecule has 134 valence electrons. The number of amides is 1. The van der Waals surface area contributed by atoms with Crippen molar-refractivity contribution in [1.82, 2.24) is 14.9 Å². The summed E-state index contributed by atoms with van der Waals surface area (Å²) in [6, 6.07) is 5.59. The molecule has 1 aliphatic heterocycles. The molecule has 2 aromatic heterocycles. The van der Waals surface area contributed by atoms with Crippen molar-refractivity contribution in [3.05, 3.63) is 24.4 Å². The van der Waals surface area contributed by atoms with E-state index in [1.165, 1.54) is 0 Å². The largest absolute Gasteiger partial charge is 0.493 e. The average Bonchev–Trinajstić information content (AvgIpc) is 2.54. The van der Waals surface area contributed by atoms with E-state index in [2.05, 4.69) is 15.3 Å². The number of pyridine rings is 2. The first-order valence-electron chi connectivity index (χ1n) is 8.50. The van der Waals surface area contributed by atoms with Crippen LogP contribution in [-0.4, -0.2) is 50.8 Å². The Morgan fingerprint density at radius 1 is 1.32 bits per heavy atom. The van der Waals surface area contributed by atoms with Gasteiger partial charge in [-0.25, -0.2) is 9.78 Å². The van der Waals surface area contributed by atoms with Crippen LogP contribution in [0, 0.1) is 0 Å². The number of aromatic hydroxyl groups is 1. The molecule has 1 saturated heterocycles. The quantitative estimate of drug-likeness (QED) is 0.870. The van der Waals surface area contributed by atoms with E-state index >= 15 is 0 Å². The molecule has 3 rings (SSSR count). The number of fused-ring (bicyclic) bond motifs is 1. The van der Waals surface area contributed by atoms with Crippen LogP contribution < -0.4 is 5.32 Å². The van der Waals surface area contributed by atoms with E-state index in [1.54, 1.807) is 23.2 Å². The van der Waals surface area contributed by atoms with Gasteiger partial charge in [0.15, 0.2) is 5.65 Å². The number of hydrogen-bond donors (Lipinski definition) is 2. The average molecular weight is 344 g/mol. The Morgan fingerprint density at radius 2 is 2.04 bits per heavy atom. The lowest BCUT2D eigenvalue weighted by atomic mass is 10.1. The molecule has 0 saturated carbocycles. The molecule has 0 radical (unpaired) electrons. The molecule has 25 heavy (non-hydrogen) atoms. The van der Waals surface area contributed by atoms with E-state index in [9.17, 15) is 9.90 Å². The maximum atomic E-state index is 12.1. The maximum absolute atomic E-state index is 12.1. The van der Waals surface area contributed by atoms with Gasteiger partial charge in [-0.3, -0.25) is 0 Å². The Morgan fingerprint density at radius 3 is 2.72 bits per heavy atom. The van der Waals surface area contributed by atoms with Crippen molar-refractivity contribution >= 4 is 22.8 Å². The summed E-state index contributed by atoms with van der Waals surface area (Å²) in [5.41, 5.74) is 0.965. The number of nitrogens with one attached hydrogen (secondary N) is 1. The topological polar surface area (TPSA) is 87.6 Å². The number of hydrogen-bond acceptors (Lipinski definition) is 6. The minimum absolute atomic E-state index is 0.0322. The highest BCUT2D eigenvalue weighted by Crippen LogP contribution is 2.21. The molecular weight excluding hydrogens is 320 g/mol. The van der Waals surface area contributed by atoms with Crippen LogP contribution in [-0.2, 0) is 4.74 Å². The van der Waals surface area contributed by atoms with Crippen LogP contribution in [0.25, 0.3) is 11.0 Å². The molecule has 0 aromatic carbocycles. The number of nitrogens with zero attached hydrogens (tertiary/aromatic N) is 3. The van der Waals surface area contributed by atoms with Crippen molar-refractivity contribution in [2.45, 2.75) is 45.3 Å². The summed E-state index contributed by atoms with van der Waals surface area (Å²) < 4.78 is 5.42. The first kappa shape index (κ1) is 17.3. The number of ether oxygens (including phenoxy) is 1. The molecule has 1 aliphatic rings. The van der Waals surface area contributed by atoms with Crippen LogP contribution >= 0.6 is 0 Å². The highest BCUT2D eigenvalue weighted by molar-refractivity contribution is 5.78. The van der Waals surface area contributed by atoms with E-state index in [0.29, 0.717) is 18.7 Å². The number of carbonyl (C=O) groups is 1. The Labute approximate surface area is 147 Å². The molecule has 2 N–H and O–H groups in total. The molecule has 7 nitrogen and oxygen atoms in total. The van der Waals surface area contributed by atoms with Gasteiger partial charge in [0, 0.05) is 30.6 Å². The van der Waals surface area contributed by atoms with Gasteiger partial charge in [-0.15, -0.1) is 0 Å². The zero-order valence-corrected chi connectivity index (χ0v) is 14.8. The first-order valence-corrected chi connectivity index (χ1v) is 8.50. The lowest BCUT2D eigenvalue weighted by Gasteiger charge is -2.34. The summed E-state index contributed by atoms with van der Waals surface area (Å²) >= 11 is 0. The van der Waals surface area contributed by atoms with Crippen LogP contribution in [0.3, 0.4) is 0 Å². The Hall–Kier alpha value is -2.57. The van der Waals surface area contributed by atoms with E-state index < -0.39 is 5.60 Å². The first-order chi connectivity index (χ1) is 11.8. The summed E-state index contributed by atoms with van der Waals surface area (Å²) in [6.07, 6.45) is 3.18. The molecule has 2 aromatic rings. The van der Waals surface area contributed by atoms with E-state index in [1.807, 2.05) is 26.8 Å². The fraction of sp³-hybridized carbons (Fsp3) is 0.500. The minimum Gasteiger partial charge on any atom is -0.493 e. The van der Waals surface area contributed by atoms with Gasteiger partial charge in [0.05, 0.1) is 11.9 Å². The Kier molecular flexibility index (Phi) is 4.65. The summed E-state index contributed by atoms with van der Waals surface area (Å²) in [5.74, 6) is -0.0322. The van der Waals surface area contributed by atoms with E-state index in [-0.39, 0.29) is 18.0 Å². The molecule has 0 unspecified atom stereocenters. The van der Waals surface area contributed by atoms with Crippen molar-refractivity contribution in [3.8, 4) is 5.88 Å². The molecule has 7 heteroatoms. The second-order valence-electron chi connectivity index (χ2n) is 7.33. The predicted octanol–water partition coefficient (Wildman–Crippen LogP) is 3.15. The van der Waals surface area contributed by atoms with Crippen molar-refractivity contribution in [2.24, 2.45) is 0 Å². The number of carbonyl (C=O) groups excluding carboxylic acids is 1. The molecule has 1 amide bonds. The summed E-state index contributed by atoms with van der Waals surface area (Å²) in [4.78, 5) is 22.1. The van der Waals surface area contributed by atoms with Crippen molar-refractivity contribution < 1.29 is 14.6 Å². The lowest BCUT2D eigenvalue weighted by molar-refractivity contribution is 0.0210. The van der Waals surface area contributed by atoms with Crippen LogP contribution in [0.2, 0.25) is 0 Å². The van der Waals surface area contributed by atoms with Crippen LogP contribution in [0.15, 0.2) is 24.4 Å². The molecule has 1 fully saturated rings. The van der Waals surface area contributed by atoms with Gasteiger partial charge in [-0.2, -0.15) is 4.98 Å². The Balaban J connectivity index is 1.57. The van der Waals surface area contributed by atoms with Gasteiger partial charge in [0.25, 0.3) is 0 Å². The fourth-order valence-electron chi connectivity index (χ4n) is 2.85. The van der Waals surface area contributed by atoms with Crippen LogP contribution in [0.4, 0.5) is 10.5 Å². The second kappa shape index (κ2) is 6.74. The molecule has 0 spiro atoms. The van der Waals surface area contributed by atoms with Gasteiger partial charge in [0.2, 0.25) is 5.88 Å². The standard InChI is InChI=1S/C18H24N4O3/c1-18(2,3)25-17(24)22-8-6-13(7-9-22)20-14-10-12-4-5-15(23)21-16(12)19-11-14/h4-5,10-11,13,20H,6-9H2,1-3H3,(H,19,21,23). The van der Waals surface area contributed by atoms with E-state index in [4.69, 9.17) is 4.74 Å². The highest BCUT2D eigenvalue weighted by atomic mass is 16.6. The van der Waals surface area contributed by atoms with Crippen molar-refractivity contribution in [2.75, 3.05) is 18.4 Å². The zero-order valence-electron chi connectivity index (χ0n) is 14.8. The third-order valence-electron chi connectivity index (χ3n) is 4.04. The van der Waals surface area contributed by atoms with Gasteiger partial charge in [0.1, 0.15) is 5.60 Å². The zero-order chi connectivity index (χ0) is 18.0. The summed E-state index contributed by atoms with van der Waals surface area (Å²) in [5, 5.41) is 13.7. The molecule has 0 bridgehead atoms. The van der Waals surface area contributed by atoms with E-state index in [0.717, 1.165) is 23.9 Å². The lowest BCUT2D eigenvalue weighted by Crippen LogP contribution is -2.44. The van der Waals surface area contributed by atoms with Gasteiger partial charge >= 0.3 is 6.09 Å². The number of anilines is 1. The number of piperidine rings is 1. The number of rotatable bonds is 2. The predicted molar refractivity (Wildman–Crippen MR) is 95.7 cm³/mol. The molecule has 3 heterocycles. The summed E-state index contributed by atoms with van der Waals surface area (Å²) in [7, 11) is 0. The highest BCUT2D eigenvalue weighted by Gasteiger charge is 2.26. The van der Waals surface area contributed by atoms with Crippen LogP contribution in [0.1, 0.15) is 33.6 Å². The van der Waals surface area contributed by atoms with Gasteiger partial charge in [-0.1, -0.05) is 0 Å². The van der Waals surface area contributed by atoms with Crippen molar-refractivity contribution in [3.63, 3.8) is 0 Å². The smallest absolute Gasteiger partial charge is 0.410 e. The number of likely N-dealkylation sites (tertiary alicyclic amines) is 1. The molecule has 0 atom stereocenters. The SMILES string of the molecule is CC(C)(C)OC(=O)N1CCC(Nc2cnc3nc(O)ccc3c2)CC1. The number of aromatic nitrogens is 2. The molecular formula is C18H24N4O3. The van der Waals surface area contributed by atoms with Gasteiger partial charge in [-0.05, 0) is 45.7 Å².